The molecule has 0 saturated carbocycles. The number of hydrogen-bond donors (Lipinski definition) is 0. The van der Waals surface area contributed by atoms with Crippen molar-refractivity contribution in [2.45, 2.75) is 18.9 Å². The summed E-state index contributed by atoms with van der Waals surface area (Å²) in [5.74, 6) is 0.815. The molecule has 2 aliphatic heterocycles. The van der Waals surface area contributed by atoms with Crippen molar-refractivity contribution in [2.75, 3.05) is 19.8 Å². The zero-order valence-corrected chi connectivity index (χ0v) is 5.51. The smallest absolute Gasteiger partial charge is 0.0601 e. The molecule has 0 radical (unpaired) electrons. The van der Waals surface area contributed by atoms with Crippen LogP contribution >= 0.6 is 0 Å². The van der Waals surface area contributed by atoms with E-state index in [4.69, 9.17) is 9.47 Å². The predicted molar refractivity (Wildman–Crippen MR) is 33.3 cm³/mol. The molecule has 2 heterocycles. The number of hydrogen-bond acceptors (Lipinski definition) is 2. The van der Waals surface area contributed by atoms with E-state index in [1.165, 1.54) is 12.8 Å². The summed E-state index contributed by atoms with van der Waals surface area (Å²) in [6.45, 7) is 2.93. The molecule has 0 aromatic rings. The Morgan fingerprint density at radius 1 is 1.33 bits per heavy atom. The minimum Gasteiger partial charge on any atom is -0.381 e. The van der Waals surface area contributed by atoms with Gasteiger partial charge >= 0.3 is 0 Å². The maximum atomic E-state index is 5.28. The first-order valence-corrected chi connectivity index (χ1v) is 3.64. The minimum absolute atomic E-state index is 0.582. The molecule has 2 heteroatoms. The van der Waals surface area contributed by atoms with Crippen molar-refractivity contribution in [1.82, 2.24) is 0 Å². The van der Waals surface area contributed by atoms with Gasteiger partial charge in [0.2, 0.25) is 0 Å². The largest absolute Gasteiger partial charge is 0.381 e. The third kappa shape index (κ3) is 1.10. The summed E-state index contributed by atoms with van der Waals surface area (Å²) in [6, 6.07) is 0. The van der Waals surface area contributed by atoms with E-state index < -0.39 is 0 Å². The number of ether oxygens (including phenoxy) is 2. The summed E-state index contributed by atoms with van der Waals surface area (Å²) in [6.07, 6.45) is 3.09. The average Bonchev–Trinajstić information content (AvgIpc) is 1.57. The first-order valence-electron chi connectivity index (χ1n) is 3.64. The molecule has 1 unspecified atom stereocenters. The SMILES string of the molecule is C1CC(CC2COC2)O1. The lowest BCUT2D eigenvalue weighted by Crippen LogP contribution is -2.36. The van der Waals surface area contributed by atoms with Gasteiger partial charge in [0.05, 0.1) is 19.3 Å². The van der Waals surface area contributed by atoms with Crippen LogP contribution in [-0.4, -0.2) is 25.9 Å². The van der Waals surface area contributed by atoms with Gasteiger partial charge in [0.25, 0.3) is 0 Å². The quantitative estimate of drug-likeness (QED) is 0.548. The van der Waals surface area contributed by atoms with Crippen LogP contribution in [0.3, 0.4) is 0 Å². The van der Waals surface area contributed by atoms with E-state index in [-0.39, 0.29) is 0 Å². The van der Waals surface area contributed by atoms with Crippen molar-refractivity contribution in [2.24, 2.45) is 5.92 Å². The summed E-state index contributed by atoms with van der Waals surface area (Å²) in [4.78, 5) is 0. The van der Waals surface area contributed by atoms with Gasteiger partial charge in [0.1, 0.15) is 0 Å². The Labute approximate surface area is 55.1 Å². The van der Waals surface area contributed by atoms with E-state index in [1.54, 1.807) is 0 Å². The topological polar surface area (TPSA) is 18.5 Å². The standard InChI is InChI=1S/C7H12O2/c1-2-9-7(1)3-6-4-8-5-6/h6-7H,1-5H2. The van der Waals surface area contributed by atoms with Gasteiger partial charge in [0.15, 0.2) is 0 Å². The molecule has 0 amide bonds. The second-order valence-electron chi connectivity index (χ2n) is 2.92. The molecule has 0 aromatic heterocycles. The first kappa shape index (κ1) is 5.69. The normalized spacial score (nSPS) is 35.3. The molecule has 2 fully saturated rings. The van der Waals surface area contributed by atoms with Crippen LogP contribution in [0.15, 0.2) is 0 Å². The summed E-state index contributed by atoms with van der Waals surface area (Å²) >= 11 is 0. The molecule has 0 N–H and O–H groups in total. The maximum absolute atomic E-state index is 5.28. The molecular formula is C7H12O2. The van der Waals surface area contributed by atoms with Crippen molar-refractivity contribution in [3.8, 4) is 0 Å². The Balaban J connectivity index is 1.64. The highest BCUT2D eigenvalue weighted by molar-refractivity contribution is 4.74. The minimum atomic E-state index is 0.582. The molecule has 2 nitrogen and oxygen atoms in total. The van der Waals surface area contributed by atoms with Crippen molar-refractivity contribution in [1.29, 1.82) is 0 Å². The molecule has 52 valence electrons. The molecule has 0 aliphatic carbocycles. The van der Waals surface area contributed by atoms with Crippen LogP contribution in [0.2, 0.25) is 0 Å². The van der Waals surface area contributed by atoms with Gasteiger partial charge in [-0.15, -0.1) is 0 Å². The fourth-order valence-electron chi connectivity index (χ4n) is 1.26. The lowest BCUT2D eigenvalue weighted by molar-refractivity contribution is -0.105. The lowest BCUT2D eigenvalue weighted by Gasteiger charge is -2.34. The van der Waals surface area contributed by atoms with Crippen molar-refractivity contribution in [3.05, 3.63) is 0 Å². The summed E-state index contributed by atoms with van der Waals surface area (Å²) in [7, 11) is 0. The van der Waals surface area contributed by atoms with Crippen LogP contribution in [0.5, 0.6) is 0 Å². The van der Waals surface area contributed by atoms with E-state index in [0.29, 0.717) is 6.10 Å². The zero-order chi connectivity index (χ0) is 6.10. The predicted octanol–water partition coefficient (Wildman–Crippen LogP) is 0.812. The highest BCUT2D eigenvalue weighted by Gasteiger charge is 2.26. The van der Waals surface area contributed by atoms with E-state index in [0.717, 1.165) is 25.7 Å². The van der Waals surface area contributed by atoms with Crippen molar-refractivity contribution in [3.63, 3.8) is 0 Å². The van der Waals surface area contributed by atoms with Crippen molar-refractivity contribution >= 4 is 0 Å². The Hall–Kier alpha value is -0.0800. The molecule has 9 heavy (non-hydrogen) atoms. The second-order valence-corrected chi connectivity index (χ2v) is 2.92. The first-order chi connectivity index (χ1) is 4.45. The molecule has 0 spiro atoms. The van der Waals surface area contributed by atoms with Crippen LogP contribution in [0.1, 0.15) is 12.8 Å². The zero-order valence-electron chi connectivity index (χ0n) is 5.51. The van der Waals surface area contributed by atoms with E-state index in [9.17, 15) is 0 Å². The Morgan fingerprint density at radius 3 is 2.44 bits per heavy atom. The highest BCUT2D eigenvalue weighted by atomic mass is 16.5. The van der Waals surface area contributed by atoms with E-state index >= 15 is 0 Å². The Morgan fingerprint density at radius 2 is 2.11 bits per heavy atom. The summed E-state index contributed by atoms with van der Waals surface area (Å²) in [5.41, 5.74) is 0. The molecule has 2 aliphatic rings. The van der Waals surface area contributed by atoms with Crippen LogP contribution in [0.25, 0.3) is 0 Å². The molecule has 2 saturated heterocycles. The van der Waals surface area contributed by atoms with Crippen LogP contribution in [0, 0.1) is 5.92 Å². The molecular weight excluding hydrogens is 116 g/mol. The van der Waals surface area contributed by atoms with E-state index in [2.05, 4.69) is 0 Å². The van der Waals surface area contributed by atoms with Gasteiger partial charge < -0.3 is 9.47 Å². The van der Waals surface area contributed by atoms with Gasteiger partial charge in [-0.05, 0) is 12.8 Å². The molecule has 0 aromatic carbocycles. The van der Waals surface area contributed by atoms with E-state index in [1.807, 2.05) is 0 Å². The average molecular weight is 128 g/mol. The third-order valence-electron chi connectivity index (χ3n) is 2.10. The number of rotatable bonds is 2. The van der Waals surface area contributed by atoms with Crippen LogP contribution in [-0.2, 0) is 9.47 Å². The Kier molecular flexibility index (Phi) is 1.44. The fourth-order valence-corrected chi connectivity index (χ4v) is 1.26. The third-order valence-corrected chi connectivity index (χ3v) is 2.10. The van der Waals surface area contributed by atoms with Crippen LogP contribution in [0.4, 0.5) is 0 Å². The lowest BCUT2D eigenvalue weighted by atomic mass is 9.96. The summed E-state index contributed by atoms with van der Waals surface area (Å²) in [5, 5.41) is 0. The fraction of sp³-hybridized carbons (Fsp3) is 1.00. The van der Waals surface area contributed by atoms with Gasteiger partial charge in [-0.2, -0.15) is 0 Å². The van der Waals surface area contributed by atoms with Gasteiger partial charge in [-0.3, -0.25) is 0 Å². The highest BCUT2D eigenvalue weighted by Crippen LogP contribution is 2.23. The van der Waals surface area contributed by atoms with Crippen LogP contribution < -0.4 is 0 Å². The molecule has 0 bridgehead atoms. The van der Waals surface area contributed by atoms with Gasteiger partial charge in [-0.1, -0.05) is 0 Å². The van der Waals surface area contributed by atoms with Crippen molar-refractivity contribution < 1.29 is 9.47 Å². The molecule has 1 atom stereocenters. The Bertz CT molecular complexity index is 83.1. The maximum Gasteiger partial charge on any atom is 0.0601 e. The second kappa shape index (κ2) is 2.27. The molecule has 2 rings (SSSR count). The monoisotopic (exact) mass is 128 g/mol. The van der Waals surface area contributed by atoms with Gasteiger partial charge in [-0.25, -0.2) is 0 Å². The van der Waals surface area contributed by atoms with Gasteiger partial charge in [0, 0.05) is 12.5 Å². The summed E-state index contributed by atoms with van der Waals surface area (Å²) < 4.78 is 10.3.